The number of nitrogens with zero attached hydrogens (tertiary/aromatic N) is 3. The van der Waals surface area contributed by atoms with Crippen LogP contribution in [0.1, 0.15) is 39.9 Å². The molecule has 0 saturated carbocycles. The van der Waals surface area contributed by atoms with Gasteiger partial charge in [0, 0.05) is 52.2 Å². The molecule has 2 fully saturated rings. The van der Waals surface area contributed by atoms with Gasteiger partial charge in [-0.3, -0.25) is 29.5 Å². The number of amides is 3. The van der Waals surface area contributed by atoms with Gasteiger partial charge in [0.2, 0.25) is 11.8 Å². The Balaban J connectivity index is 1.08. The number of fused-ring (bicyclic) bond motifs is 1. The third kappa shape index (κ3) is 5.26. The fourth-order valence-electron chi connectivity index (χ4n) is 5.99. The zero-order valence-corrected chi connectivity index (χ0v) is 22.0. The number of rotatable bonds is 6. The quantitative estimate of drug-likeness (QED) is 0.479. The van der Waals surface area contributed by atoms with Crippen molar-refractivity contribution in [1.29, 1.82) is 0 Å². The molecule has 7 nitrogen and oxygen atoms in total. The van der Waals surface area contributed by atoms with Gasteiger partial charge >= 0.3 is 0 Å². The summed E-state index contributed by atoms with van der Waals surface area (Å²) in [4.78, 5) is 42.8. The van der Waals surface area contributed by atoms with Crippen molar-refractivity contribution in [3.05, 3.63) is 94.6 Å². The second-order valence-corrected chi connectivity index (χ2v) is 10.7. The third-order valence-corrected chi connectivity index (χ3v) is 8.07. The molecule has 6 rings (SSSR count). The first-order valence-electron chi connectivity index (χ1n) is 13.6. The molecule has 3 aliphatic heterocycles. The van der Waals surface area contributed by atoms with Gasteiger partial charge in [-0.15, -0.1) is 0 Å². The normalized spacial score (nSPS) is 20.1. The van der Waals surface area contributed by atoms with Gasteiger partial charge in [-0.2, -0.15) is 0 Å². The van der Waals surface area contributed by atoms with Crippen LogP contribution in [0.15, 0.2) is 60.7 Å². The lowest BCUT2D eigenvalue weighted by molar-refractivity contribution is -0.136. The molecule has 3 aromatic carbocycles. The van der Waals surface area contributed by atoms with Crippen LogP contribution in [-0.4, -0.2) is 64.6 Å². The van der Waals surface area contributed by atoms with Gasteiger partial charge in [-0.1, -0.05) is 42.5 Å². The minimum Gasteiger partial charge on any atom is -0.322 e. The number of nitrogens with one attached hydrogen (secondary N) is 1. The number of hydrogen-bond acceptors (Lipinski definition) is 5. The van der Waals surface area contributed by atoms with Crippen LogP contribution in [0, 0.1) is 11.6 Å². The number of imide groups is 1. The zero-order chi connectivity index (χ0) is 27.8. The predicted octanol–water partition coefficient (Wildman–Crippen LogP) is 3.71. The lowest BCUT2D eigenvalue weighted by atomic mass is 9.99. The zero-order valence-electron chi connectivity index (χ0n) is 22.0. The van der Waals surface area contributed by atoms with E-state index in [1.807, 2.05) is 18.2 Å². The topological polar surface area (TPSA) is 73.0 Å². The molecule has 0 radical (unpaired) electrons. The van der Waals surface area contributed by atoms with Crippen molar-refractivity contribution >= 4 is 17.7 Å². The SMILES string of the molecule is O=C1CCC(N2Cc3cc(CN4CCN(Cc5ccccc5-c5ccc(F)cc5)CC4)cc(F)c3C2=O)C(=O)N1. The van der Waals surface area contributed by atoms with E-state index in [2.05, 4.69) is 27.2 Å². The van der Waals surface area contributed by atoms with Crippen molar-refractivity contribution < 1.29 is 23.2 Å². The summed E-state index contributed by atoms with van der Waals surface area (Å²) in [7, 11) is 0. The Morgan fingerprint density at radius 2 is 1.55 bits per heavy atom. The average molecular weight is 545 g/mol. The molecule has 0 aromatic heterocycles. The molecule has 2 saturated heterocycles. The fraction of sp³-hybridized carbons (Fsp3) is 0.323. The van der Waals surface area contributed by atoms with Crippen molar-refractivity contribution in [2.24, 2.45) is 0 Å². The molecule has 0 spiro atoms. The van der Waals surface area contributed by atoms with E-state index in [9.17, 15) is 18.8 Å². The van der Waals surface area contributed by atoms with Gasteiger partial charge in [0.1, 0.15) is 17.7 Å². The Morgan fingerprint density at radius 1 is 0.850 bits per heavy atom. The average Bonchev–Trinajstić information content (AvgIpc) is 3.27. The van der Waals surface area contributed by atoms with E-state index >= 15 is 4.39 Å². The number of carbonyl (C=O) groups excluding carboxylic acids is 3. The largest absolute Gasteiger partial charge is 0.322 e. The maximum Gasteiger partial charge on any atom is 0.258 e. The van der Waals surface area contributed by atoms with Crippen molar-refractivity contribution in [3.63, 3.8) is 0 Å². The van der Waals surface area contributed by atoms with E-state index in [0.717, 1.165) is 49.4 Å². The summed E-state index contributed by atoms with van der Waals surface area (Å²) in [6, 6.07) is 17.3. The first-order chi connectivity index (χ1) is 19.4. The van der Waals surface area contributed by atoms with Gasteiger partial charge in [0.05, 0.1) is 5.56 Å². The Morgan fingerprint density at radius 3 is 2.27 bits per heavy atom. The standard InChI is InChI=1S/C31H30F2N4O3/c32-24-7-5-21(6-8-24)25-4-2-1-3-22(25)18-36-13-11-35(12-14-36)17-20-15-23-19-37(31(40)29(23)26(33)16-20)27-9-10-28(38)34-30(27)39/h1-8,15-16,27H,9-14,17-19H2,(H,34,38,39). The van der Waals surface area contributed by atoms with Gasteiger partial charge in [-0.25, -0.2) is 8.78 Å². The Bertz CT molecular complexity index is 1470. The maximum atomic E-state index is 15.1. The molecule has 3 heterocycles. The lowest BCUT2D eigenvalue weighted by Crippen LogP contribution is -2.52. The highest BCUT2D eigenvalue weighted by Gasteiger charge is 2.40. The smallest absolute Gasteiger partial charge is 0.258 e. The molecular formula is C31H30F2N4O3. The highest BCUT2D eigenvalue weighted by atomic mass is 19.1. The minimum absolute atomic E-state index is 0.0260. The fourth-order valence-corrected chi connectivity index (χ4v) is 5.99. The van der Waals surface area contributed by atoms with Gasteiger partial charge in [0.15, 0.2) is 0 Å². The van der Waals surface area contributed by atoms with Gasteiger partial charge in [-0.05, 0) is 52.4 Å². The summed E-state index contributed by atoms with van der Waals surface area (Å²) >= 11 is 0. The second kappa shape index (κ2) is 10.9. The first-order valence-corrected chi connectivity index (χ1v) is 13.6. The molecular weight excluding hydrogens is 514 g/mol. The van der Waals surface area contributed by atoms with Crippen LogP contribution < -0.4 is 5.32 Å². The van der Waals surface area contributed by atoms with Crippen molar-refractivity contribution in [2.75, 3.05) is 26.2 Å². The Labute approximate surface area is 231 Å². The molecule has 1 N–H and O–H groups in total. The summed E-state index contributed by atoms with van der Waals surface area (Å²) < 4.78 is 28.5. The van der Waals surface area contributed by atoms with Crippen molar-refractivity contribution in [1.82, 2.24) is 20.0 Å². The molecule has 0 aliphatic carbocycles. The van der Waals surface area contributed by atoms with Crippen LogP contribution in [0.4, 0.5) is 8.78 Å². The van der Waals surface area contributed by atoms with Crippen molar-refractivity contribution in [2.45, 2.75) is 38.5 Å². The predicted molar refractivity (Wildman–Crippen MR) is 145 cm³/mol. The number of halogens is 2. The van der Waals surface area contributed by atoms with Crippen LogP contribution in [0.3, 0.4) is 0 Å². The maximum absolute atomic E-state index is 15.1. The van der Waals surface area contributed by atoms with E-state index in [1.165, 1.54) is 28.7 Å². The number of carbonyl (C=O) groups is 3. The van der Waals surface area contributed by atoms with E-state index in [4.69, 9.17) is 0 Å². The van der Waals surface area contributed by atoms with E-state index in [1.54, 1.807) is 12.1 Å². The number of piperidine rings is 1. The minimum atomic E-state index is -0.762. The number of benzene rings is 3. The van der Waals surface area contributed by atoms with Crippen LogP contribution in [0.5, 0.6) is 0 Å². The first kappa shape index (κ1) is 26.3. The molecule has 40 heavy (non-hydrogen) atoms. The van der Waals surface area contributed by atoms with Crippen molar-refractivity contribution in [3.8, 4) is 11.1 Å². The molecule has 3 aromatic rings. The molecule has 1 unspecified atom stereocenters. The summed E-state index contributed by atoms with van der Waals surface area (Å²) in [5.74, 6) is -2.17. The van der Waals surface area contributed by atoms with E-state index < -0.39 is 23.7 Å². The van der Waals surface area contributed by atoms with Gasteiger partial charge < -0.3 is 4.90 Å². The highest BCUT2D eigenvalue weighted by molar-refractivity contribution is 6.05. The summed E-state index contributed by atoms with van der Waals surface area (Å²) in [5, 5.41) is 2.28. The molecule has 9 heteroatoms. The molecule has 1 atom stereocenters. The number of hydrogen-bond donors (Lipinski definition) is 1. The van der Waals surface area contributed by atoms with Gasteiger partial charge in [0.25, 0.3) is 5.91 Å². The Kier molecular flexibility index (Phi) is 7.16. The van der Waals surface area contributed by atoms with Crippen LogP contribution in [-0.2, 0) is 29.2 Å². The second-order valence-electron chi connectivity index (χ2n) is 10.7. The van der Waals surface area contributed by atoms with E-state index in [-0.39, 0.29) is 36.7 Å². The summed E-state index contributed by atoms with van der Waals surface area (Å²) in [6.45, 7) is 4.85. The summed E-state index contributed by atoms with van der Waals surface area (Å²) in [5.41, 5.74) is 4.68. The lowest BCUT2D eigenvalue weighted by Gasteiger charge is -2.35. The highest BCUT2D eigenvalue weighted by Crippen LogP contribution is 2.31. The molecule has 3 aliphatic rings. The summed E-state index contributed by atoms with van der Waals surface area (Å²) in [6.07, 6.45) is 0.408. The van der Waals surface area contributed by atoms with Crippen LogP contribution >= 0.6 is 0 Å². The van der Waals surface area contributed by atoms with Crippen LogP contribution in [0.25, 0.3) is 11.1 Å². The Hall–Kier alpha value is -3.95. The van der Waals surface area contributed by atoms with Crippen LogP contribution in [0.2, 0.25) is 0 Å². The van der Waals surface area contributed by atoms with E-state index in [0.29, 0.717) is 12.1 Å². The molecule has 206 valence electrons. The molecule has 0 bridgehead atoms. The monoisotopic (exact) mass is 544 g/mol. The molecule has 3 amide bonds. The third-order valence-electron chi connectivity index (χ3n) is 8.07. The number of piperazine rings is 1.